The van der Waals surface area contributed by atoms with Gasteiger partial charge in [-0.15, -0.1) is 0 Å². The summed E-state index contributed by atoms with van der Waals surface area (Å²) in [6, 6.07) is 11.1. The summed E-state index contributed by atoms with van der Waals surface area (Å²) < 4.78 is 5.38. The summed E-state index contributed by atoms with van der Waals surface area (Å²) in [6.45, 7) is 1.61. The zero-order valence-electron chi connectivity index (χ0n) is 12.6. The lowest BCUT2D eigenvalue weighted by Crippen LogP contribution is -2.23. The van der Waals surface area contributed by atoms with Crippen molar-refractivity contribution in [3.05, 3.63) is 59.4 Å². The summed E-state index contributed by atoms with van der Waals surface area (Å²) in [5.74, 6) is 0.0866. The Morgan fingerprint density at radius 1 is 1.09 bits per heavy atom. The molecule has 0 unspecified atom stereocenters. The maximum atomic E-state index is 12.7. The number of ketones is 2. The van der Waals surface area contributed by atoms with Gasteiger partial charge in [0.2, 0.25) is 5.78 Å². The van der Waals surface area contributed by atoms with E-state index in [-0.39, 0.29) is 17.3 Å². The van der Waals surface area contributed by atoms with Gasteiger partial charge in [-0.05, 0) is 6.07 Å². The van der Waals surface area contributed by atoms with Gasteiger partial charge in [-0.25, -0.2) is 4.98 Å². The molecule has 114 valence electrons. The number of allylic oxidation sites excluding steroid dienone is 2. The highest BCUT2D eigenvalue weighted by molar-refractivity contribution is 6.23. The molecule has 5 nitrogen and oxygen atoms in total. The van der Waals surface area contributed by atoms with Crippen molar-refractivity contribution < 1.29 is 14.3 Å². The van der Waals surface area contributed by atoms with E-state index in [1.54, 1.807) is 6.07 Å². The second kappa shape index (κ2) is 5.05. The fourth-order valence-electron chi connectivity index (χ4n) is 2.73. The van der Waals surface area contributed by atoms with E-state index in [4.69, 9.17) is 4.74 Å². The minimum absolute atomic E-state index is 0.197. The molecule has 0 spiro atoms. The predicted molar refractivity (Wildman–Crippen MR) is 84.5 cm³/mol. The smallest absolute Gasteiger partial charge is 0.228 e. The Bertz CT molecular complexity index is 852. The van der Waals surface area contributed by atoms with Gasteiger partial charge in [0.25, 0.3) is 0 Å². The third kappa shape index (κ3) is 2.21. The number of nitrogens with zero attached hydrogens (tertiary/aromatic N) is 2. The molecule has 0 saturated carbocycles. The molecule has 1 aliphatic carbocycles. The van der Waals surface area contributed by atoms with E-state index in [1.807, 2.05) is 35.2 Å². The average molecular weight is 306 g/mol. The highest BCUT2D eigenvalue weighted by Gasteiger charge is 2.35. The van der Waals surface area contributed by atoms with Crippen molar-refractivity contribution in [2.24, 2.45) is 0 Å². The third-order valence-corrected chi connectivity index (χ3v) is 4.02. The van der Waals surface area contributed by atoms with Crippen LogP contribution in [0, 0.1) is 0 Å². The van der Waals surface area contributed by atoms with Crippen molar-refractivity contribution in [3.8, 4) is 17.0 Å². The van der Waals surface area contributed by atoms with E-state index >= 15 is 0 Å². The fraction of sp³-hybridized carbons (Fsp3) is 0.167. The normalized spacial score (nSPS) is 16.0. The Morgan fingerprint density at radius 2 is 1.83 bits per heavy atom. The average Bonchev–Trinajstić information content (AvgIpc) is 3.42. The number of benzene rings is 1. The van der Waals surface area contributed by atoms with Crippen LogP contribution in [0.5, 0.6) is 5.75 Å². The summed E-state index contributed by atoms with van der Waals surface area (Å²) >= 11 is 0. The molecule has 1 aromatic carbocycles. The van der Waals surface area contributed by atoms with Crippen molar-refractivity contribution >= 4 is 11.6 Å². The van der Waals surface area contributed by atoms with Gasteiger partial charge < -0.3 is 9.64 Å². The summed E-state index contributed by atoms with van der Waals surface area (Å²) in [5, 5.41) is 0. The van der Waals surface area contributed by atoms with E-state index in [0.29, 0.717) is 22.7 Å². The highest BCUT2D eigenvalue weighted by atomic mass is 16.5. The van der Waals surface area contributed by atoms with Gasteiger partial charge in [0, 0.05) is 24.7 Å². The van der Waals surface area contributed by atoms with E-state index in [1.165, 1.54) is 13.2 Å². The van der Waals surface area contributed by atoms with Crippen LogP contribution in [0.1, 0.15) is 20.8 Å². The molecule has 1 aromatic heterocycles. The summed E-state index contributed by atoms with van der Waals surface area (Å²) in [7, 11) is 1.53. The number of methoxy groups -OCH3 is 1. The second-order valence-corrected chi connectivity index (χ2v) is 5.51. The Balaban J connectivity index is 1.89. The molecular formula is C18H14N2O3. The third-order valence-electron chi connectivity index (χ3n) is 4.02. The Kier molecular flexibility index (Phi) is 3.01. The van der Waals surface area contributed by atoms with Crippen molar-refractivity contribution in [2.75, 3.05) is 20.2 Å². The van der Waals surface area contributed by atoms with Gasteiger partial charge in [0.05, 0.1) is 18.4 Å². The van der Waals surface area contributed by atoms with Crippen molar-refractivity contribution in [1.29, 1.82) is 0 Å². The lowest BCUT2D eigenvalue weighted by atomic mass is 9.95. The van der Waals surface area contributed by atoms with Crippen molar-refractivity contribution in [3.63, 3.8) is 0 Å². The van der Waals surface area contributed by atoms with Gasteiger partial charge in [-0.3, -0.25) is 9.59 Å². The molecule has 0 N–H and O–H groups in total. The predicted octanol–water partition coefficient (Wildman–Crippen LogP) is 2.34. The zero-order chi connectivity index (χ0) is 16.0. The first kappa shape index (κ1) is 13.7. The molecule has 1 aliphatic heterocycles. The zero-order valence-corrected chi connectivity index (χ0v) is 12.6. The minimum Gasteiger partial charge on any atom is -0.494 e. The number of hydrogen-bond acceptors (Lipinski definition) is 5. The van der Waals surface area contributed by atoms with Crippen LogP contribution in [0.25, 0.3) is 11.3 Å². The van der Waals surface area contributed by atoms with Crippen LogP contribution in [0.2, 0.25) is 0 Å². The van der Waals surface area contributed by atoms with Crippen LogP contribution in [-0.4, -0.2) is 41.6 Å². The van der Waals surface area contributed by atoms with Gasteiger partial charge >= 0.3 is 0 Å². The molecule has 2 aliphatic rings. The van der Waals surface area contributed by atoms with Crippen LogP contribution < -0.4 is 4.74 Å². The van der Waals surface area contributed by atoms with E-state index in [0.717, 1.165) is 18.7 Å². The molecule has 1 fully saturated rings. The molecule has 0 atom stereocenters. The van der Waals surface area contributed by atoms with E-state index in [9.17, 15) is 9.59 Å². The molecule has 0 bridgehead atoms. The number of ether oxygens (including phenoxy) is 1. The molecular weight excluding hydrogens is 292 g/mol. The largest absolute Gasteiger partial charge is 0.494 e. The molecule has 5 heteroatoms. The monoisotopic (exact) mass is 306 g/mol. The first-order valence-corrected chi connectivity index (χ1v) is 7.39. The minimum atomic E-state index is -0.202. The molecule has 0 radical (unpaired) electrons. The van der Waals surface area contributed by atoms with E-state index in [2.05, 4.69) is 4.98 Å². The van der Waals surface area contributed by atoms with E-state index < -0.39 is 0 Å². The number of pyridine rings is 1. The molecule has 23 heavy (non-hydrogen) atoms. The quantitative estimate of drug-likeness (QED) is 0.815. The fourth-order valence-corrected chi connectivity index (χ4v) is 2.73. The molecule has 1 saturated heterocycles. The summed E-state index contributed by atoms with van der Waals surface area (Å²) in [6.07, 6.45) is 1.40. The van der Waals surface area contributed by atoms with Gasteiger partial charge in [-0.2, -0.15) is 0 Å². The van der Waals surface area contributed by atoms with Crippen LogP contribution in [0.4, 0.5) is 0 Å². The topological polar surface area (TPSA) is 59.3 Å². The number of carbonyl (C=O) groups is 2. The SMILES string of the molecule is COc1cc2c(nc1-c1ccccc1)C(=O)C(N1CC1)=CC2=O. The lowest BCUT2D eigenvalue weighted by Gasteiger charge is -2.18. The maximum absolute atomic E-state index is 12.7. The number of aromatic nitrogens is 1. The Labute approximate surface area is 133 Å². The number of rotatable bonds is 3. The van der Waals surface area contributed by atoms with Gasteiger partial charge in [0.1, 0.15) is 17.1 Å². The number of carbonyl (C=O) groups excluding carboxylic acids is 2. The van der Waals surface area contributed by atoms with Gasteiger partial charge in [0.15, 0.2) is 5.78 Å². The van der Waals surface area contributed by atoms with Crippen LogP contribution >= 0.6 is 0 Å². The molecule has 0 amide bonds. The van der Waals surface area contributed by atoms with Gasteiger partial charge in [-0.1, -0.05) is 30.3 Å². The maximum Gasteiger partial charge on any atom is 0.228 e. The number of fused-ring (bicyclic) bond motifs is 1. The molecule has 2 aromatic rings. The Hall–Kier alpha value is -2.95. The highest BCUT2D eigenvalue weighted by Crippen LogP contribution is 2.34. The van der Waals surface area contributed by atoms with Crippen LogP contribution in [0.15, 0.2) is 48.2 Å². The van der Waals surface area contributed by atoms with Crippen LogP contribution in [0.3, 0.4) is 0 Å². The standard InChI is InChI=1S/C18H14N2O3/c1-23-15-9-12-14(21)10-13(20-7-8-20)18(22)17(12)19-16(15)11-5-3-2-4-6-11/h2-6,9-10H,7-8H2,1H3. The summed E-state index contributed by atoms with van der Waals surface area (Å²) in [5.41, 5.74) is 2.37. The number of Topliss-reactive ketones (excluding diaryl/α,β-unsaturated/α-hetero) is 1. The summed E-state index contributed by atoms with van der Waals surface area (Å²) in [4.78, 5) is 31.4. The number of hydrogen-bond donors (Lipinski definition) is 0. The molecule has 4 rings (SSSR count). The van der Waals surface area contributed by atoms with Crippen molar-refractivity contribution in [2.45, 2.75) is 0 Å². The first-order chi connectivity index (χ1) is 11.2. The molecule has 2 heterocycles. The second-order valence-electron chi connectivity index (χ2n) is 5.51. The van der Waals surface area contributed by atoms with Crippen LogP contribution in [-0.2, 0) is 0 Å². The first-order valence-electron chi connectivity index (χ1n) is 7.39. The lowest BCUT2D eigenvalue weighted by molar-refractivity contribution is 0.0966. The Morgan fingerprint density at radius 3 is 2.48 bits per heavy atom. The van der Waals surface area contributed by atoms with Crippen molar-refractivity contribution in [1.82, 2.24) is 9.88 Å².